The van der Waals surface area contributed by atoms with E-state index in [4.69, 9.17) is 22.1 Å². The van der Waals surface area contributed by atoms with Crippen LogP contribution in [0.25, 0.3) is 10.4 Å². The third-order valence-electron chi connectivity index (χ3n) is 2.28. The van der Waals surface area contributed by atoms with E-state index in [0.29, 0.717) is 12.8 Å². The van der Waals surface area contributed by atoms with E-state index in [1.165, 1.54) is 0 Å². The summed E-state index contributed by atoms with van der Waals surface area (Å²) in [5, 5.41) is 11.8. The molecule has 0 aromatic carbocycles. The van der Waals surface area contributed by atoms with Gasteiger partial charge in [-0.15, -0.1) is 0 Å². The number of hydrogen-bond acceptors (Lipinski definition) is 5. The lowest BCUT2D eigenvalue weighted by Gasteiger charge is -2.10. The molecular weight excluding hydrogens is 226 g/mol. The molecule has 5 N–H and O–H groups in total. The minimum absolute atomic E-state index is 0.0949. The number of carbonyl (C=O) groups is 2. The SMILES string of the molecule is [N-]=[N+]=NCCC(=O)C(N)CCC[C@H](N)C(=O)O. The monoisotopic (exact) mass is 243 g/mol. The predicted molar refractivity (Wildman–Crippen MR) is 61.1 cm³/mol. The molecule has 0 fully saturated rings. The van der Waals surface area contributed by atoms with Crippen LogP contribution < -0.4 is 11.5 Å². The second kappa shape index (κ2) is 8.51. The van der Waals surface area contributed by atoms with Crippen LogP contribution >= 0.6 is 0 Å². The van der Waals surface area contributed by atoms with E-state index in [1.54, 1.807) is 0 Å². The highest BCUT2D eigenvalue weighted by Gasteiger charge is 2.15. The first-order valence-corrected chi connectivity index (χ1v) is 5.26. The van der Waals surface area contributed by atoms with Crippen molar-refractivity contribution >= 4 is 11.8 Å². The standard InChI is InChI=1S/C9H17N5O3/c10-6(8(15)4-5-13-14-12)2-1-3-7(11)9(16)17/h6-7H,1-5,10-11H2,(H,16,17)/t6?,7-/m0/s1. The number of aliphatic carboxylic acids is 1. The summed E-state index contributed by atoms with van der Waals surface area (Å²) in [7, 11) is 0. The molecular formula is C9H17N5O3. The largest absolute Gasteiger partial charge is 0.480 e. The van der Waals surface area contributed by atoms with Crippen molar-refractivity contribution in [1.82, 2.24) is 0 Å². The van der Waals surface area contributed by atoms with Crippen molar-refractivity contribution in [3.63, 3.8) is 0 Å². The summed E-state index contributed by atoms with van der Waals surface area (Å²) in [6, 6.07) is -1.56. The second-order valence-electron chi connectivity index (χ2n) is 3.65. The van der Waals surface area contributed by atoms with Crippen LogP contribution in [0, 0.1) is 0 Å². The maximum absolute atomic E-state index is 11.4. The van der Waals surface area contributed by atoms with Gasteiger partial charge in [0.2, 0.25) is 0 Å². The number of Topliss-reactive ketones (excluding diaryl/α,β-unsaturated/α-hetero) is 1. The van der Waals surface area contributed by atoms with Crippen LogP contribution in [0.3, 0.4) is 0 Å². The number of carbonyl (C=O) groups excluding carboxylic acids is 1. The summed E-state index contributed by atoms with van der Waals surface area (Å²) in [6.45, 7) is 0.0949. The van der Waals surface area contributed by atoms with Crippen molar-refractivity contribution in [2.45, 2.75) is 37.8 Å². The zero-order valence-corrected chi connectivity index (χ0v) is 9.45. The smallest absolute Gasteiger partial charge is 0.320 e. The molecule has 0 saturated carbocycles. The Morgan fingerprint density at radius 2 is 1.88 bits per heavy atom. The van der Waals surface area contributed by atoms with Crippen LogP contribution in [0.4, 0.5) is 0 Å². The zero-order valence-electron chi connectivity index (χ0n) is 9.45. The highest BCUT2D eigenvalue weighted by molar-refractivity contribution is 5.83. The molecule has 8 heteroatoms. The predicted octanol–water partition coefficient (Wildman–Crippen LogP) is 0.165. The number of hydrogen-bond donors (Lipinski definition) is 3. The van der Waals surface area contributed by atoms with Crippen LogP contribution in [0.15, 0.2) is 5.11 Å². The summed E-state index contributed by atoms with van der Waals surface area (Å²) < 4.78 is 0. The van der Waals surface area contributed by atoms with E-state index in [1.807, 2.05) is 0 Å². The summed E-state index contributed by atoms with van der Waals surface area (Å²) in [6.07, 6.45) is 1.25. The zero-order chi connectivity index (χ0) is 13.3. The highest BCUT2D eigenvalue weighted by Crippen LogP contribution is 2.04. The molecule has 0 saturated heterocycles. The van der Waals surface area contributed by atoms with Gasteiger partial charge in [-0.25, -0.2) is 0 Å². The van der Waals surface area contributed by atoms with Crippen molar-refractivity contribution in [2.24, 2.45) is 16.6 Å². The lowest BCUT2D eigenvalue weighted by Crippen LogP contribution is -2.33. The van der Waals surface area contributed by atoms with E-state index >= 15 is 0 Å². The highest BCUT2D eigenvalue weighted by atomic mass is 16.4. The van der Waals surface area contributed by atoms with Gasteiger partial charge in [-0.3, -0.25) is 9.59 Å². The van der Waals surface area contributed by atoms with E-state index in [2.05, 4.69) is 10.0 Å². The number of nitrogens with zero attached hydrogens (tertiary/aromatic N) is 3. The Kier molecular flexibility index (Phi) is 7.70. The Morgan fingerprint density at radius 3 is 2.41 bits per heavy atom. The fourth-order valence-electron chi connectivity index (χ4n) is 1.23. The molecule has 0 radical (unpaired) electrons. The van der Waals surface area contributed by atoms with E-state index in [0.717, 1.165) is 0 Å². The van der Waals surface area contributed by atoms with Crippen LogP contribution in [0.1, 0.15) is 25.7 Å². The topological polar surface area (TPSA) is 155 Å². The lowest BCUT2D eigenvalue weighted by atomic mass is 10.0. The molecule has 96 valence electrons. The minimum atomic E-state index is -1.06. The van der Waals surface area contributed by atoms with Crippen molar-refractivity contribution in [3.8, 4) is 0 Å². The van der Waals surface area contributed by atoms with Gasteiger partial charge in [-0.1, -0.05) is 5.11 Å². The maximum atomic E-state index is 11.4. The van der Waals surface area contributed by atoms with Crippen LogP contribution in [-0.2, 0) is 9.59 Å². The molecule has 2 atom stereocenters. The van der Waals surface area contributed by atoms with Gasteiger partial charge in [0.05, 0.1) is 6.04 Å². The Bertz CT molecular complexity index is 314. The summed E-state index contributed by atoms with van der Waals surface area (Å²) >= 11 is 0. The summed E-state index contributed by atoms with van der Waals surface area (Å²) in [4.78, 5) is 24.3. The average molecular weight is 243 g/mol. The molecule has 0 aliphatic rings. The van der Waals surface area contributed by atoms with E-state index in [9.17, 15) is 9.59 Å². The molecule has 0 aliphatic carbocycles. The van der Waals surface area contributed by atoms with Gasteiger partial charge in [-0.05, 0) is 24.8 Å². The van der Waals surface area contributed by atoms with Gasteiger partial charge in [0, 0.05) is 17.9 Å². The molecule has 1 unspecified atom stereocenters. The molecule has 17 heavy (non-hydrogen) atoms. The molecule has 0 aliphatic heterocycles. The van der Waals surface area contributed by atoms with Crippen LogP contribution in [0.5, 0.6) is 0 Å². The molecule has 0 bridgehead atoms. The van der Waals surface area contributed by atoms with Crippen LogP contribution in [0.2, 0.25) is 0 Å². The van der Waals surface area contributed by atoms with Gasteiger partial charge < -0.3 is 16.6 Å². The molecule has 0 spiro atoms. The average Bonchev–Trinajstić information content (AvgIpc) is 2.28. The number of carboxylic acid groups (broad SMARTS) is 1. The Morgan fingerprint density at radius 1 is 1.29 bits per heavy atom. The molecule has 0 aromatic rings. The van der Waals surface area contributed by atoms with Gasteiger partial charge >= 0.3 is 5.97 Å². The fraction of sp³-hybridized carbons (Fsp3) is 0.778. The summed E-state index contributed by atoms with van der Waals surface area (Å²) in [5.41, 5.74) is 18.9. The van der Waals surface area contributed by atoms with Gasteiger partial charge in [0.15, 0.2) is 0 Å². The Labute approximate surface area is 98.6 Å². The van der Waals surface area contributed by atoms with Crippen molar-refractivity contribution in [2.75, 3.05) is 6.54 Å². The minimum Gasteiger partial charge on any atom is -0.480 e. The Hall–Kier alpha value is -1.63. The van der Waals surface area contributed by atoms with E-state index < -0.39 is 18.1 Å². The first-order chi connectivity index (χ1) is 7.99. The molecule has 0 amide bonds. The molecule has 0 aromatic heterocycles. The van der Waals surface area contributed by atoms with Gasteiger partial charge in [0.25, 0.3) is 0 Å². The number of azide groups is 1. The van der Waals surface area contributed by atoms with Gasteiger partial charge in [0.1, 0.15) is 11.8 Å². The van der Waals surface area contributed by atoms with Gasteiger partial charge in [-0.2, -0.15) is 0 Å². The molecule has 8 nitrogen and oxygen atoms in total. The molecule has 0 heterocycles. The van der Waals surface area contributed by atoms with Crippen molar-refractivity contribution in [3.05, 3.63) is 10.4 Å². The van der Waals surface area contributed by atoms with E-state index in [-0.39, 0.29) is 25.2 Å². The van der Waals surface area contributed by atoms with Crippen LogP contribution in [-0.4, -0.2) is 35.5 Å². The number of carboxylic acids is 1. The number of nitrogens with two attached hydrogens (primary N) is 2. The fourth-order valence-corrected chi connectivity index (χ4v) is 1.23. The first-order valence-electron chi connectivity index (χ1n) is 5.26. The maximum Gasteiger partial charge on any atom is 0.320 e. The second-order valence-corrected chi connectivity index (χ2v) is 3.65. The summed E-state index contributed by atoms with van der Waals surface area (Å²) in [5.74, 6) is -1.26. The normalized spacial score (nSPS) is 13.5. The lowest BCUT2D eigenvalue weighted by molar-refractivity contribution is -0.138. The van der Waals surface area contributed by atoms with Crippen molar-refractivity contribution in [1.29, 1.82) is 0 Å². The quantitative estimate of drug-likeness (QED) is 0.299. The third-order valence-corrected chi connectivity index (χ3v) is 2.28. The number of rotatable bonds is 9. The third kappa shape index (κ3) is 7.29. The first kappa shape index (κ1) is 15.4. The van der Waals surface area contributed by atoms with Crippen molar-refractivity contribution < 1.29 is 14.7 Å². The Balaban J connectivity index is 3.77. The number of ketones is 1. The molecule has 0 rings (SSSR count).